The summed E-state index contributed by atoms with van der Waals surface area (Å²) in [6.07, 6.45) is -0.171. The second-order valence-corrected chi connectivity index (χ2v) is 3.16. The molecule has 80 valence electrons. The lowest BCUT2D eigenvalue weighted by atomic mass is 10.3. The van der Waals surface area contributed by atoms with Gasteiger partial charge in [-0.05, 0) is 6.92 Å². The topological polar surface area (TPSA) is 42.7 Å². The minimum atomic E-state index is -2.33. The molecule has 1 unspecified atom stereocenters. The largest absolute Gasteiger partial charge is 0.309 e. The minimum Gasteiger partial charge on any atom is -0.309 e. The quantitative estimate of drug-likeness (QED) is 0.763. The van der Waals surface area contributed by atoms with Crippen LogP contribution in [-0.2, 0) is 13.5 Å². The molecule has 0 aliphatic carbocycles. The Morgan fingerprint density at radius 3 is 2.79 bits per heavy atom. The van der Waals surface area contributed by atoms with Gasteiger partial charge in [-0.3, -0.25) is 4.68 Å². The predicted octanol–water partition coefficient (Wildman–Crippen LogP) is 0.601. The van der Waals surface area contributed by atoms with E-state index in [1.807, 2.05) is 0 Å². The minimum absolute atomic E-state index is 0.468. The van der Waals surface area contributed by atoms with E-state index in [0.29, 0.717) is 18.8 Å². The second kappa shape index (κ2) is 4.99. The molecule has 6 heteroatoms. The summed E-state index contributed by atoms with van der Waals surface area (Å²) >= 11 is 0. The molecule has 1 rings (SSSR count). The Labute approximate surface area is 81.3 Å². The molecule has 0 aliphatic rings. The summed E-state index contributed by atoms with van der Waals surface area (Å²) in [5.41, 5.74) is 0. The van der Waals surface area contributed by atoms with Gasteiger partial charge in [0.1, 0.15) is 6.33 Å². The van der Waals surface area contributed by atoms with Crippen LogP contribution < -0.4 is 5.32 Å². The summed E-state index contributed by atoms with van der Waals surface area (Å²) in [5.74, 6) is 0.668. The van der Waals surface area contributed by atoms with E-state index in [9.17, 15) is 8.78 Å². The molecule has 0 aliphatic heterocycles. The van der Waals surface area contributed by atoms with Crippen molar-refractivity contribution in [2.24, 2.45) is 7.05 Å². The summed E-state index contributed by atoms with van der Waals surface area (Å²) < 4.78 is 25.7. The fraction of sp³-hybridized carbons (Fsp3) is 0.750. The zero-order chi connectivity index (χ0) is 10.6. The van der Waals surface area contributed by atoms with Gasteiger partial charge in [0.15, 0.2) is 5.82 Å². The molecular formula is C8H14F2N4. The van der Waals surface area contributed by atoms with E-state index in [0.717, 1.165) is 0 Å². The molecule has 1 atom stereocenters. The number of nitrogens with one attached hydrogen (secondary N) is 1. The van der Waals surface area contributed by atoms with Gasteiger partial charge in [0.25, 0.3) is 6.43 Å². The third-order valence-electron chi connectivity index (χ3n) is 1.84. The molecule has 1 heterocycles. The fourth-order valence-corrected chi connectivity index (χ4v) is 0.999. The molecular weight excluding hydrogens is 190 g/mol. The van der Waals surface area contributed by atoms with Crippen molar-refractivity contribution >= 4 is 0 Å². The van der Waals surface area contributed by atoms with Crippen LogP contribution in [0.3, 0.4) is 0 Å². The van der Waals surface area contributed by atoms with E-state index >= 15 is 0 Å². The average Bonchev–Trinajstić information content (AvgIpc) is 2.51. The van der Waals surface area contributed by atoms with Gasteiger partial charge in [-0.1, -0.05) is 0 Å². The lowest BCUT2D eigenvalue weighted by Crippen LogP contribution is -2.34. The van der Waals surface area contributed by atoms with Crippen molar-refractivity contribution in [1.82, 2.24) is 20.1 Å². The Kier molecular flexibility index (Phi) is 3.94. The number of hydrogen-bond acceptors (Lipinski definition) is 3. The smallest absolute Gasteiger partial charge is 0.253 e. The molecule has 0 saturated heterocycles. The van der Waals surface area contributed by atoms with Crippen LogP contribution in [0, 0.1) is 0 Å². The SMILES string of the molecule is CC(NCCc1ncn(C)n1)C(F)F. The molecule has 1 N–H and O–H groups in total. The Morgan fingerprint density at radius 2 is 2.29 bits per heavy atom. The Hall–Kier alpha value is -1.04. The number of rotatable bonds is 5. The second-order valence-electron chi connectivity index (χ2n) is 3.16. The number of alkyl halides is 2. The van der Waals surface area contributed by atoms with E-state index in [-0.39, 0.29) is 0 Å². The highest BCUT2D eigenvalue weighted by Crippen LogP contribution is 1.99. The number of nitrogens with zero attached hydrogens (tertiary/aromatic N) is 3. The molecule has 0 bridgehead atoms. The number of halogens is 2. The molecule has 4 nitrogen and oxygen atoms in total. The standard InChI is InChI=1S/C8H14F2N4/c1-6(8(9)10)11-4-3-7-12-5-14(2)13-7/h5-6,8,11H,3-4H2,1-2H3. The zero-order valence-corrected chi connectivity index (χ0v) is 8.24. The third-order valence-corrected chi connectivity index (χ3v) is 1.84. The summed E-state index contributed by atoms with van der Waals surface area (Å²) in [7, 11) is 1.77. The molecule has 0 radical (unpaired) electrons. The Morgan fingerprint density at radius 1 is 1.57 bits per heavy atom. The summed E-state index contributed by atoms with van der Waals surface area (Å²) in [6.45, 7) is 1.92. The summed E-state index contributed by atoms with van der Waals surface area (Å²) in [6, 6.07) is -0.779. The first-order valence-electron chi connectivity index (χ1n) is 4.45. The molecule has 0 fully saturated rings. The van der Waals surface area contributed by atoms with Crippen molar-refractivity contribution in [3.63, 3.8) is 0 Å². The van der Waals surface area contributed by atoms with E-state index < -0.39 is 12.5 Å². The van der Waals surface area contributed by atoms with Gasteiger partial charge in [-0.25, -0.2) is 13.8 Å². The number of aryl methyl sites for hydroxylation is 1. The maximum Gasteiger partial charge on any atom is 0.253 e. The van der Waals surface area contributed by atoms with E-state index in [1.54, 1.807) is 18.1 Å². The molecule has 1 aromatic heterocycles. The normalized spacial score (nSPS) is 13.5. The molecule has 0 amide bonds. The number of aromatic nitrogens is 3. The van der Waals surface area contributed by atoms with E-state index in [1.165, 1.54) is 6.92 Å². The highest BCUT2D eigenvalue weighted by molar-refractivity contribution is 4.82. The maximum absolute atomic E-state index is 12.1. The fourth-order valence-electron chi connectivity index (χ4n) is 0.999. The highest BCUT2D eigenvalue weighted by atomic mass is 19.3. The van der Waals surface area contributed by atoms with Crippen LogP contribution in [-0.4, -0.2) is 33.8 Å². The van der Waals surface area contributed by atoms with Crippen molar-refractivity contribution < 1.29 is 8.78 Å². The van der Waals surface area contributed by atoms with Crippen molar-refractivity contribution in [2.45, 2.75) is 25.8 Å². The zero-order valence-electron chi connectivity index (χ0n) is 8.24. The molecule has 1 aromatic rings. The van der Waals surface area contributed by atoms with Crippen LogP contribution in [0.1, 0.15) is 12.7 Å². The van der Waals surface area contributed by atoms with Crippen LogP contribution >= 0.6 is 0 Å². The summed E-state index contributed by atoms with van der Waals surface area (Å²) in [5, 5.41) is 6.73. The molecule has 14 heavy (non-hydrogen) atoms. The van der Waals surface area contributed by atoms with Crippen LogP contribution in [0.4, 0.5) is 8.78 Å². The molecule has 0 saturated carbocycles. The highest BCUT2D eigenvalue weighted by Gasteiger charge is 2.13. The monoisotopic (exact) mass is 204 g/mol. The lowest BCUT2D eigenvalue weighted by molar-refractivity contribution is 0.106. The van der Waals surface area contributed by atoms with E-state index in [2.05, 4.69) is 15.4 Å². The van der Waals surface area contributed by atoms with Crippen LogP contribution in [0.2, 0.25) is 0 Å². The number of hydrogen-bond donors (Lipinski definition) is 1. The van der Waals surface area contributed by atoms with Gasteiger partial charge in [0, 0.05) is 20.0 Å². The lowest BCUT2D eigenvalue weighted by Gasteiger charge is -2.10. The molecule has 0 aromatic carbocycles. The van der Waals surface area contributed by atoms with Gasteiger partial charge in [0.05, 0.1) is 6.04 Å². The van der Waals surface area contributed by atoms with Gasteiger partial charge in [-0.2, -0.15) is 5.10 Å². The first-order chi connectivity index (χ1) is 6.59. The van der Waals surface area contributed by atoms with Gasteiger partial charge in [-0.15, -0.1) is 0 Å². The van der Waals surface area contributed by atoms with Gasteiger partial charge < -0.3 is 5.32 Å². The van der Waals surface area contributed by atoms with Crippen molar-refractivity contribution in [3.8, 4) is 0 Å². The van der Waals surface area contributed by atoms with Crippen molar-refractivity contribution in [3.05, 3.63) is 12.2 Å². The average molecular weight is 204 g/mol. The summed E-state index contributed by atoms with van der Waals surface area (Å²) in [4.78, 5) is 3.98. The Balaban J connectivity index is 2.22. The third kappa shape index (κ3) is 3.37. The van der Waals surface area contributed by atoms with Gasteiger partial charge >= 0.3 is 0 Å². The predicted molar refractivity (Wildman–Crippen MR) is 48.2 cm³/mol. The van der Waals surface area contributed by atoms with Crippen LogP contribution in [0.15, 0.2) is 6.33 Å². The molecule has 0 spiro atoms. The Bertz CT molecular complexity index is 274. The van der Waals surface area contributed by atoms with Crippen LogP contribution in [0.25, 0.3) is 0 Å². The van der Waals surface area contributed by atoms with Crippen molar-refractivity contribution in [2.75, 3.05) is 6.54 Å². The maximum atomic E-state index is 12.1. The van der Waals surface area contributed by atoms with Crippen molar-refractivity contribution in [1.29, 1.82) is 0 Å². The first kappa shape index (κ1) is 11.0. The van der Waals surface area contributed by atoms with Gasteiger partial charge in [0.2, 0.25) is 0 Å². The van der Waals surface area contributed by atoms with Crippen LogP contribution in [0.5, 0.6) is 0 Å². The first-order valence-corrected chi connectivity index (χ1v) is 4.45. The van der Waals surface area contributed by atoms with E-state index in [4.69, 9.17) is 0 Å².